The van der Waals surface area contributed by atoms with Crippen molar-refractivity contribution in [2.24, 2.45) is 0 Å². The fourth-order valence-electron chi connectivity index (χ4n) is 1.82. The molecular formula is C12H16FNO5S. The van der Waals surface area contributed by atoms with Crippen molar-refractivity contribution in [1.82, 2.24) is 4.90 Å². The van der Waals surface area contributed by atoms with E-state index >= 15 is 0 Å². The number of ether oxygens (including phenoxy) is 2. The summed E-state index contributed by atoms with van der Waals surface area (Å²) in [6, 6.07) is 5.72. The van der Waals surface area contributed by atoms with Gasteiger partial charge in [0.25, 0.3) is 0 Å². The highest BCUT2D eigenvalue weighted by molar-refractivity contribution is 7.81. The third-order valence-corrected chi connectivity index (χ3v) is 3.19. The van der Waals surface area contributed by atoms with E-state index in [1.54, 1.807) is 0 Å². The fourth-order valence-corrected chi connectivity index (χ4v) is 2.16. The second-order valence-corrected chi connectivity index (χ2v) is 5.20. The van der Waals surface area contributed by atoms with E-state index in [2.05, 4.69) is 9.08 Å². The van der Waals surface area contributed by atoms with E-state index < -0.39 is 10.5 Å². The molecular weight excluding hydrogens is 289 g/mol. The Morgan fingerprint density at radius 1 is 1.15 bits per heavy atom. The van der Waals surface area contributed by atoms with Gasteiger partial charge in [0.1, 0.15) is 18.1 Å². The predicted molar refractivity (Wildman–Crippen MR) is 69.9 cm³/mol. The lowest BCUT2D eigenvalue weighted by Crippen LogP contribution is -2.38. The lowest BCUT2D eigenvalue weighted by Gasteiger charge is -2.26. The maximum Gasteiger partial charge on any atom is 0.488 e. The van der Waals surface area contributed by atoms with Crippen LogP contribution in [-0.2, 0) is 15.2 Å². The summed E-state index contributed by atoms with van der Waals surface area (Å²) in [7, 11) is -4.98. The Morgan fingerprint density at radius 3 is 2.35 bits per heavy atom. The minimum Gasteiger partial charge on any atom is -0.492 e. The van der Waals surface area contributed by atoms with E-state index in [0.717, 1.165) is 32.8 Å². The van der Waals surface area contributed by atoms with Gasteiger partial charge in [-0.25, -0.2) is 0 Å². The van der Waals surface area contributed by atoms with Gasteiger partial charge in [0, 0.05) is 19.6 Å². The van der Waals surface area contributed by atoms with E-state index in [1.807, 2.05) is 0 Å². The Balaban J connectivity index is 1.76. The molecule has 2 rings (SSSR count). The van der Waals surface area contributed by atoms with Crippen LogP contribution >= 0.6 is 0 Å². The van der Waals surface area contributed by atoms with Crippen molar-refractivity contribution in [2.45, 2.75) is 0 Å². The minimum atomic E-state index is -4.98. The van der Waals surface area contributed by atoms with Gasteiger partial charge in [0.2, 0.25) is 0 Å². The molecule has 1 aliphatic heterocycles. The molecule has 0 N–H and O–H groups in total. The molecule has 0 spiro atoms. The summed E-state index contributed by atoms with van der Waals surface area (Å²) in [5.41, 5.74) is 0. The van der Waals surface area contributed by atoms with E-state index in [1.165, 1.54) is 24.3 Å². The van der Waals surface area contributed by atoms with Gasteiger partial charge >= 0.3 is 10.5 Å². The standard InChI is InChI=1S/C12H16FNO5S/c13-20(15,16)19-12-3-1-11(2-4-12)18-10-7-14-5-8-17-9-6-14/h1-4H,5-10H2. The Kier molecular flexibility index (Phi) is 5.16. The van der Waals surface area contributed by atoms with Gasteiger partial charge in [-0.2, -0.15) is 8.42 Å². The zero-order valence-electron chi connectivity index (χ0n) is 10.8. The average Bonchev–Trinajstić information content (AvgIpc) is 2.40. The molecule has 1 aromatic carbocycles. The van der Waals surface area contributed by atoms with Crippen LogP contribution in [0.25, 0.3) is 0 Å². The predicted octanol–water partition coefficient (Wildman–Crippen LogP) is 0.991. The summed E-state index contributed by atoms with van der Waals surface area (Å²) < 4.78 is 47.7. The molecule has 0 aromatic heterocycles. The van der Waals surface area contributed by atoms with Gasteiger partial charge in [-0.1, -0.05) is 3.89 Å². The normalized spacial score (nSPS) is 16.9. The number of nitrogens with zero attached hydrogens (tertiary/aromatic N) is 1. The molecule has 1 aliphatic rings. The largest absolute Gasteiger partial charge is 0.492 e. The third kappa shape index (κ3) is 5.32. The average molecular weight is 305 g/mol. The second-order valence-electron chi connectivity index (χ2n) is 4.25. The van der Waals surface area contributed by atoms with E-state index in [9.17, 15) is 12.3 Å². The first-order valence-corrected chi connectivity index (χ1v) is 7.51. The molecule has 112 valence electrons. The van der Waals surface area contributed by atoms with E-state index in [0.29, 0.717) is 12.4 Å². The van der Waals surface area contributed by atoms with Crippen molar-refractivity contribution in [3.8, 4) is 11.5 Å². The van der Waals surface area contributed by atoms with E-state index in [-0.39, 0.29) is 5.75 Å². The molecule has 0 unspecified atom stereocenters. The van der Waals surface area contributed by atoms with Gasteiger partial charge in [-0.3, -0.25) is 4.90 Å². The lowest BCUT2D eigenvalue weighted by molar-refractivity contribution is 0.0322. The van der Waals surface area contributed by atoms with Crippen molar-refractivity contribution in [3.05, 3.63) is 24.3 Å². The molecule has 1 aromatic rings. The topological polar surface area (TPSA) is 65.1 Å². The molecule has 0 saturated carbocycles. The number of morpholine rings is 1. The summed E-state index contributed by atoms with van der Waals surface area (Å²) in [5, 5.41) is 0. The number of halogens is 1. The molecule has 0 radical (unpaired) electrons. The third-order valence-electron chi connectivity index (χ3n) is 2.80. The summed E-state index contributed by atoms with van der Waals surface area (Å²) >= 11 is 0. The molecule has 20 heavy (non-hydrogen) atoms. The quantitative estimate of drug-likeness (QED) is 0.730. The first-order chi connectivity index (χ1) is 9.53. The Bertz CT molecular complexity index is 513. The Labute approximate surface area is 117 Å². The monoisotopic (exact) mass is 305 g/mol. The number of benzene rings is 1. The number of hydrogen-bond donors (Lipinski definition) is 0. The van der Waals surface area contributed by atoms with Crippen LogP contribution in [0.3, 0.4) is 0 Å². The summed E-state index contributed by atoms with van der Waals surface area (Å²) in [6.07, 6.45) is 0. The Morgan fingerprint density at radius 2 is 1.75 bits per heavy atom. The first-order valence-electron chi connectivity index (χ1n) is 6.20. The molecule has 0 atom stereocenters. The summed E-state index contributed by atoms with van der Waals surface area (Å²) in [6.45, 7) is 4.57. The van der Waals surface area contributed by atoms with Crippen molar-refractivity contribution in [3.63, 3.8) is 0 Å². The Hall–Kier alpha value is -1.38. The molecule has 0 amide bonds. The molecule has 1 fully saturated rings. The first kappa shape index (κ1) is 15.0. The highest BCUT2D eigenvalue weighted by Crippen LogP contribution is 2.19. The van der Waals surface area contributed by atoms with Gasteiger partial charge in [0.05, 0.1) is 13.2 Å². The molecule has 8 heteroatoms. The zero-order valence-corrected chi connectivity index (χ0v) is 11.6. The van der Waals surface area contributed by atoms with Crippen LogP contribution in [0.5, 0.6) is 11.5 Å². The smallest absolute Gasteiger partial charge is 0.488 e. The van der Waals surface area contributed by atoms with Gasteiger partial charge in [-0.15, -0.1) is 0 Å². The van der Waals surface area contributed by atoms with E-state index in [4.69, 9.17) is 9.47 Å². The van der Waals surface area contributed by atoms with Crippen molar-refractivity contribution < 1.29 is 26.0 Å². The summed E-state index contributed by atoms with van der Waals surface area (Å²) in [4.78, 5) is 2.23. The zero-order chi connectivity index (χ0) is 14.4. The van der Waals surface area contributed by atoms with Gasteiger partial charge in [0.15, 0.2) is 0 Å². The highest BCUT2D eigenvalue weighted by atomic mass is 32.3. The number of rotatable bonds is 6. The molecule has 0 bridgehead atoms. The SMILES string of the molecule is O=S(=O)(F)Oc1ccc(OCCN2CCOCC2)cc1. The van der Waals surface area contributed by atoms with Crippen LogP contribution in [0.15, 0.2) is 24.3 Å². The molecule has 0 aliphatic carbocycles. The van der Waals surface area contributed by atoms with Crippen LogP contribution in [0, 0.1) is 0 Å². The van der Waals surface area contributed by atoms with Crippen molar-refractivity contribution >= 4 is 10.5 Å². The van der Waals surface area contributed by atoms with Crippen LogP contribution < -0.4 is 8.92 Å². The molecule has 6 nitrogen and oxygen atoms in total. The maximum absolute atomic E-state index is 12.3. The minimum absolute atomic E-state index is 0.0898. The van der Waals surface area contributed by atoms with Gasteiger partial charge in [-0.05, 0) is 24.3 Å². The van der Waals surface area contributed by atoms with Crippen LogP contribution in [-0.4, -0.2) is 52.8 Å². The fraction of sp³-hybridized carbons (Fsp3) is 0.500. The molecule has 1 saturated heterocycles. The van der Waals surface area contributed by atoms with Crippen LogP contribution in [0.1, 0.15) is 0 Å². The van der Waals surface area contributed by atoms with Crippen LogP contribution in [0.4, 0.5) is 3.89 Å². The van der Waals surface area contributed by atoms with Crippen molar-refractivity contribution in [2.75, 3.05) is 39.5 Å². The van der Waals surface area contributed by atoms with Gasteiger partial charge < -0.3 is 13.7 Å². The second kappa shape index (κ2) is 6.87. The maximum atomic E-state index is 12.3. The number of hydrogen-bond acceptors (Lipinski definition) is 6. The van der Waals surface area contributed by atoms with Crippen molar-refractivity contribution in [1.29, 1.82) is 0 Å². The molecule has 1 heterocycles. The highest BCUT2D eigenvalue weighted by Gasteiger charge is 2.11. The van der Waals surface area contributed by atoms with Crippen LogP contribution in [0.2, 0.25) is 0 Å². The summed E-state index contributed by atoms with van der Waals surface area (Å²) in [5.74, 6) is 0.481. The lowest BCUT2D eigenvalue weighted by atomic mass is 10.3.